The molecular weight excluding hydrogens is 336 g/mol. The lowest BCUT2D eigenvalue weighted by atomic mass is 10.1. The molecule has 1 aromatic carbocycles. The molecule has 0 radical (unpaired) electrons. The first-order chi connectivity index (χ1) is 10.1. The molecule has 0 spiro atoms. The van der Waals surface area contributed by atoms with Crippen molar-refractivity contribution in [3.8, 4) is 5.75 Å². The number of carbonyl (C=O) groups excluding carboxylic acids is 1. The summed E-state index contributed by atoms with van der Waals surface area (Å²) in [5.41, 5.74) is 1.09. The lowest BCUT2D eigenvalue weighted by Crippen LogP contribution is -2.24. The van der Waals surface area contributed by atoms with Crippen LogP contribution in [-0.2, 0) is 4.74 Å². The molecule has 5 nitrogen and oxygen atoms in total. The summed E-state index contributed by atoms with van der Waals surface area (Å²) in [5, 5.41) is 6.07. The van der Waals surface area contributed by atoms with Gasteiger partial charge >= 0.3 is 6.09 Å². The molecule has 2 N–H and O–H groups in total. The van der Waals surface area contributed by atoms with Gasteiger partial charge in [-0.05, 0) is 38.1 Å². The molecule has 6 heteroatoms. The van der Waals surface area contributed by atoms with Gasteiger partial charge in [-0.3, -0.25) is 0 Å². The van der Waals surface area contributed by atoms with Crippen molar-refractivity contribution in [2.45, 2.75) is 32.4 Å². The van der Waals surface area contributed by atoms with Gasteiger partial charge in [-0.15, -0.1) is 0 Å². The average molecular weight is 357 g/mol. The van der Waals surface area contributed by atoms with Crippen molar-refractivity contribution in [3.05, 3.63) is 28.2 Å². The van der Waals surface area contributed by atoms with E-state index in [0.29, 0.717) is 13.2 Å². The fraction of sp³-hybridized carbons (Fsp3) is 0.533. The molecule has 1 amide bonds. The van der Waals surface area contributed by atoms with E-state index in [0.717, 1.165) is 28.8 Å². The third kappa shape index (κ3) is 4.61. The van der Waals surface area contributed by atoms with E-state index in [9.17, 15) is 4.79 Å². The summed E-state index contributed by atoms with van der Waals surface area (Å²) in [4.78, 5) is 11.0. The Labute approximate surface area is 133 Å². The zero-order valence-electron chi connectivity index (χ0n) is 12.3. The van der Waals surface area contributed by atoms with E-state index in [2.05, 4.69) is 46.5 Å². The average Bonchev–Trinajstić information content (AvgIpc) is 2.89. The van der Waals surface area contributed by atoms with Crippen LogP contribution in [0.3, 0.4) is 0 Å². The van der Waals surface area contributed by atoms with E-state index in [1.807, 2.05) is 12.1 Å². The van der Waals surface area contributed by atoms with E-state index in [-0.39, 0.29) is 18.2 Å². The molecule has 0 aromatic heterocycles. The van der Waals surface area contributed by atoms with Crippen LogP contribution < -0.4 is 15.4 Å². The number of halogens is 1. The Morgan fingerprint density at radius 3 is 3.05 bits per heavy atom. The number of benzene rings is 1. The maximum Gasteiger partial charge on any atom is 0.407 e. The second kappa shape index (κ2) is 7.66. The van der Waals surface area contributed by atoms with Crippen molar-refractivity contribution < 1.29 is 14.3 Å². The lowest BCUT2D eigenvalue weighted by Gasteiger charge is -2.19. The first-order valence-electron chi connectivity index (χ1n) is 7.20. The first-order valence-corrected chi connectivity index (χ1v) is 7.99. The molecule has 0 bridgehead atoms. The molecule has 21 heavy (non-hydrogen) atoms. The molecule has 1 aromatic rings. The Hall–Kier alpha value is -1.27. The highest BCUT2D eigenvalue weighted by molar-refractivity contribution is 9.10. The predicted octanol–water partition coefficient (Wildman–Crippen LogP) is 3.00. The largest absolute Gasteiger partial charge is 0.489 e. The number of hydrogen-bond donors (Lipinski definition) is 2. The van der Waals surface area contributed by atoms with Crippen LogP contribution in [0, 0.1) is 0 Å². The molecule has 1 heterocycles. The number of cyclic esters (lactones) is 1. The predicted molar refractivity (Wildman–Crippen MR) is 84.6 cm³/mol. The molecule has 2 rings (SSSR count). The molecule has 0 saturated carbocycles. The molecule has 2 atom stereocenters. The van der Waals surface area contributed by atoms with Crippen LogP contribution in [0.5, 0.6) is 5.75 Å². The van der Waals surface area contributed by atoms with Crippen molar-refractivity contribution in [3.63, 3.8) is 0 Å². The Kier molecular flexibility index (Phi) is 5.87. The van der Waals surface area contributed by atoms with Gasteiger partial charge in [0, 0.05) is 16.1 Å². The van der Waals surface area contributed by atoms with Gasteiger partial charge in [0.2, 0.25) is 0 Å². The van der Waals surface area contributed by atoms with Crippen molar-refractivity contribution in [1.29, 1.82) is 0 Å². The van der Waals surface area contributed by atoms with Crippen LogP contribution in [0.15, 0.2) is 22.7 Å². The fourth-order valence-electron chi connectivity index (χ4n) is 2.17. The highest BCUT2D eigenvalue weighted by Crippen LogP contribution is 2.29. The zero-order valence-corrected chi connectivity index (χ0v) is 13.9. The van der Waals surface area contributed by atoms with Gasteiger partial charge in [0.15, 0.2) is 6.10 Å². The summed E-state index contributed by atoms with van der Waals surface area (Å²) in [5.74, 6) is 0.817. The Balaban J connectivity index is 2.02. The fourth-order valence-corrected chi connectivity index (χ4v) is 2.55. The number of ether oxygens (including phenoxy) is 2. The van der Waals surface area contributed by atoms with Crippen LogP contribution >= 0.6 is 15.9 Å². The molecule has 0 aliphatic carbocycles. The Morgan fingerprint density at radius 1 is 1.57 bits per heavy atom. The van der Waals surface area contributed by atoms with Crippen LogP contribution in [0.25, 0.3) is 0 Å². The molecular formula is C15H21BrN2O3. The number of carbonyl (C=O) groups is 1. The number of nitrogens with one attached hydrogen (secondary N) is 2. The second-order valence-corrected chi connectivity index (χ2v) is 5.99. The quantitative estimate of drug-likeness (QED) is 0.788. The summed E-state index contributed by atoms with van der Waals surface area (Å²) in [7, 11) is 0. The number of alkyl carbamates (subject to hydrolysis) is 1. The van der Waals surface area contributed by atoms with E-state index in [4.69, 9.17) is 9.47 Å². The smallest absolute Gasteiger partial charge is 0.407 e. The molecule has 1 fully saturated rings. The summed E-state index contributed by atoms with van der Waals surface area (Å²) in [6.45, 7) is 6.06. The minimum atomic E-state index is -0.377. The van der Waals surface area contributed by atoms with Crippen LogP contribution in [0.2, 0.25) is 0 Å². The minimum Gasteiger partial charge on any atom is -0.489 e. The van der Waals surface area contributed by atoms with E-state index >= 15 is 0 Å². The number of rotatable bonds is 7. The van der Waals surface area contributed by atoms with E-state index in [1.165, 1.54) is 0 Å². The van der Waals surface area contributed by atoms with Crippen molar-refractivity contribution in [2.75, 3.05) is 19.7 Å². The minimum absolute atomic E-state index is 0.196. The zero-order chi connectivity index (χ0) is 15.2. The second-order valence-electron chi connectivity index (χ2n) is 5.08. The highest BCUT2D eigenvalue weighted by atomic mass is 79.9. The molecule has 1 aliphatic heterocycles. The summed E-state index contributed by atoms with van der Waals surface area (Å²) in [6, 6.07) is 6.14. The number of amides is 1. The van der Waals surface area contributed by atoms with Crippen LogP contribution in [0.1, 0.15) is 31.9 Å². The van der Waals surface area contributed by atoms with Gasteiger partial charge in [0.05, 0.1) is 6.54 Å². The van der Waals surface area contributed by atoms with Gasteiger partial charge < -0.3 is 20.1 Å². The maximum atomic E-state index is 11.0. The van der Waals surface area contributed by atoms with E-state index < -0.39 is 0 Å². The monoisotopic (exact) mass is 356 g/mol. The maximum absolute atomic E-state index is 11.0. The Morgan fingerprint density at radius 2 is 2.38 bits per heavy atom. The van der Waals surface area contributed by atoms with Gasteiger partial charge in [-0.1, -0.05) is 22.9 Å². The van der Waals surface area contributed by atoms with Gasteiger partial charge in [0.25, 0.3) is 0 Å². The molecule has 1 saturated heterocycles. The topological polar surface area (TPSA) is 59.6 Å². The molecule has 116 valence electrons. The van der Waals surface area contributed by atoms with Crippen molar-refractivity contribution in [1.82, 2.24) is 10.6 Å². The standard InChI is InChI=1S/C15H21BrN2O3/c1-3-6-17-10(2)13-7-11(16)4-5-14(13)20-9-12-8-18-15(19)21-12/h4-5,7,10,12,17H,3,6,8-9H2,1-2H3,(H,18,19). The molecule has 1 aliphatic rings. The van der Waals surface area contributed by atoms with Gasteiger partial charge in [0.1, 0.15) is 12.4 Å². The Bertz CT molecular complexity index is 496. The highest BCUT2D eigenvalue weighted by Gasteiger charge is 2.23. The summed E-state index contributed by atoms with van der Waals surface area (Å²) in [6.07, 6.45) is 0.476. The van der Waals surface area contributed by atoms with Gasteiger partial charge in [-0.25, -0.2) is 4.79 Å². The number of hydrogen-bond acceptors (Lipinski definition) is 4. The lowest BCUT2D eigenvalue weighted by molar-refractivity contribution is 0.104. The van der Waals surface area contributed by atoms with Gasteiger partial charge in [-0.2, -0.15) is 0 Å². The third-order valence-electron chi connectivity index (χ3n) is 3.31. The van der Waals surface area contributed by atoms with Crippen molar-refractivity contribution in [2.24, 2.45) is 0 Å². The SMILES string of the molecule is CCCNC(C)c1cc(Br)ccc1OCC1CNC(=O)O1. The van der Waals surface area contributed by atoms with Crippen molar-refractivity contribution >= 4 is 22.0 Å². The third-order valence-corrected chi connectivity index (χ3v) is 3.80. The van der Waals surface area contributed by atoms with E-state index in [1.54, 1.807) is 0 Å². The van der Waals surface area contributed by atoms with Crippen LogP contribution in [-0.4, -0.2) is 31.9 Å². The van der Waals surface area contributed by atoms with Crippen LogP contribution in [0.4, 0.5) is 4.79 Å². The summed E-state index contributed by atoms with van der Waals surface area (Å²) >= 11 is 3.50. The normalized spacial score (nSPS) is 19.0. The molecule has 2 unspecified atom stereocenters. The first kappa shape index (κ1) is 16.1. The summed E-state index contributed by atoms with van der Waals surface area (Å²) < 4.78 is 11.9.